The average Bonchev–Trinajstić information content (AvgIpc) is 2.98. The Morgan fingerprint density at radius 2 is 1.85 bits per heavy atom. The number of benzene rings is 1. The van der Waals surface area contributed by atoms with Gasteiger partial charge in [-0.25, -0.2) is 0 Å². The highest BCUT2D eigenvalue weighted by atomic mass is 32.2. The summed E-state index contributed by atoms with van der Waals surface area (Å²) in [6.07, 6.45) is 8.90. The van der Waals surface area contributed by atoms with E-state index in [0.29, 0.717) is 29.0 Å². The van der Waals surface area contributed by atoms with Gasteiger partial charge in [-0.2, -0.15) is 0 Å². The Labute approximate surface area is 199 Å². The first-order valence-electron chi connectivity index (χ1n) is 11.4. The maximum absolute atomic E-state index is 12.7. The third-order valence-electron chi connectivity index (χ3n) is 6.08. The highest BCUT2D eigenvalue weighted by Gasteiger charge is 2.34. The smallest absolute Gasteiger partial charge is 0.293 e. The SMILES string of the molecule is COc1ccc(/C=C2/SC(=O)N(CCNC(=O)CN(C)C3CCCCCC3)C2=O)cc1OC. The van der Waals surface area contributed by atoms with E-state index < -0.39 is 0 Å². The molecule has 1 saturated carbocycles. The minimum atomic E-state index is -0.357. The van der Waals surface area contributed by atoms with E-state index in [1.807, 2.05) is 7.05 Å². The fourth-order valence-corrected chi connectivity index (χ4v) is 5.07. The van der Waals surface area contributed by atoms with Gasteiger partial charge in [0.25, 0.3) is 11.1 Å². The first kappa shape index (κ1) is 25.1. The molecule has 3 rings (SSSR count). The monoisotopic (exact) mass is 475 g/mol. The Kier molecular flexibility index (Phi) is 9.20. The van der Waals surface area contributed by atoms with E-state index in [-0.39, 0.29) is 30.1 Å². The quantitative estimate of drug-likeness (QED) is 0.432. The molecule has 3 amide bonds. The second kappa shape index (κ2) is 12.1. The normalized spacial score (nSPS) is 18.7. The standard InChI is InChI=1S/C24H33N3O5S/c1-26(18-8-6-4-5-7-9-18)16-22(28)25-12-13-27-23(29)21(33-24(27)30)15-17-10-11-19(31-2)20(14-17)32-3/h10-11,14-15,18H,4-9,12-13,16H2,1-3H3,(H,25,28)/b21-15+. The van der Waals surface area contributed by atoms with Crippen LogP contribution < -0.4 is 14.8 Å². The molecule has 0 unspecified atom stereocenters. The number of likely N-dealkylation sites (N-methyl/N-ethyl adjacent to an activating group) is 1. The van der Waals surface area contributed by atoms with Gasteiger partial charge in [0.15, 0.2) is 11.5 Å². The van der Waals surface area contributed by atoms with Gasteiger partial charge in [-0.05, 0) is 55.4 Å². The molecule has 1 N–H and O–H groups in total. The summed E-state index contributed by atoms with van der Waals surface area (Å²) in [6, 6.07) is 5.73. The molecule has 9 heteroatoms. The van der Waals surface area contributed by atoms with Crippen molar-refractivity contribution in [2.75, 3.05) is 40.9 Å². The number of rotatable bonds is 9. The van der Waals surface area contributed by atoms with Crippen LogP contribution in [-0.2, 0) is 9.59 Å². The number of nitrogens with one attached hydrogen (secondary N) is 1. The topological polar surface area (TPSA) is 88.2 Å². The average molecular weight is 476 g/mol. The van der Waals surface area contributed by atoms with Gasteiger partial charge >= 0.3 is 0 Å². The van der Waals surface area contributed by atoms with Gasteiger partial charge in [-0.1, -0.05) is 31.7 Å². The molecule has 1 aromatic carbocycles. The van der Waals surface area contributed by atoms with Gasteiger partial charge in [0.05, 0.1) is 25.7 Å². The molecule has 0 atom stereocenters. The van der Waals surface area contributed by atoms with Crippen LogP contribution >= 0.6 is 11.8 Å². The molecular weight excluding hydrogens is 442 g/mol. The van der Waals surface area contributed by atoms with E-state index in [1.165, 1.54) is 37.7 Å². The Bertz CT molecular complexity index is 896. The van der Waals surface area contributed by atoms with E-state index >= 15 is 0 Å². The predicted octanol–water partition coefficient (Wildman–Crippen LogP) is 3.51. The Morgan fingerprint density at radius 1 is 1.15 bits per heavy atom. The molecule has 0 spiro atoms. The lowest BCUT2D eigenvalue weighted by Crippen LogP contribution is -2.43. The van der Waals surface area contributed by atoms with Crippen LogP contribution in [0.25, 0.3) is 6.08 Å². The van der Waals surface area contributed by atoms with Crippen molar-refractivity contribution in [3.05, 3.63) is 28.7 Å². The number of ether oxygens (including phenoxy) is 2. The molecule has 1 heterocycles. The highest BCUT2D eigenvalue weighted by molar-refractivity contribution is 8.18. The minimum Gasteiger partial charge on any atom is -0.493 e. The van der Waals surface area contributed by atoms with E-state index in [2.05, 4.69) is 10.2 Å². The summed E-state index contributed by atoms with van der Waals surface area (Å²) in [5.41, 5.74) is 0.730. The molecule has 33 heavy (non-hydrogen) atoms. The van der Waals surface area contributed by atoms with Crippen LogP contribution in [0.5, 0.6) is 11.5 Å². The van der Waals surface area contributed by atoms with Crippen molar-refractivity contribution in [3.63, 3.8) is 0 Å². The summed E-state index contributed by atoms with van der Waals surface area (Å²) in [4.78, 5) is 41.1. The largest absolute Gasteiger partial charge is 0.493 e. The maximum atomic E-state index is 12.7. The zero-order valence-electron chi connectivity index (χ0n) is 19.6. The second-order valence-electron chi connectivity index (χ2n) is 8.36. The van der Waals surface area contributed by atoms with E-state index in [4.69, 9.17) is 9.47 Å². The van der Waals surface area contributed by atoms with Gasteiger partial charge in [-0.15, -0.1) is 0 Å². The molecule has 2 aliphatic rings. The molecule has 0 radical (unpaired) electrons. The van der Waals surface area contributed by atoms with Crippen LogP contribution in [0.2, 0.25) is 0 Å². The van der Waals surface area contributed by atoms with Crippen LogP contribution in [0, 0.1) is 0 Å². The Balaban J connectivity index is 1.50. The minimum absolute atomic E-state index is 0.0883. The van der Waals surface area contributed by atoms with Crippen LogP contribution in [0.15, 0.2) is 23.1 Å². The number of hydrogen-bond acceptors (Lipinski definition) is 7. The first-order chi connectivity index (χ1) is 15.9. The number of carbonyl (C=O) groups excluding carboxylic acids is 3. The number of methoxy groups -OCH3 is 2. The lowest BCUT2D eigenvalue weighted by Gasteiger charge is -2.26. The van der Waals surface area contributed by atoms with Gasteiger partial charge < -0.3 is 14.8 Å². The summed E-state index contributed by atoms with van der Waals surface area (Å²) in [7, 11) is 5.08. The van der Waals surface area contributed by atoms with E-state index in [1.54, 1.807) is 31.4 Å². The summed E-state index contributed by atoms with van der Waals surface area (Å²) in [6.45, 7) is 0.706. The van der Waals surface area contributed by atoms with Gasteiger partial charge in [0, 0.05) is 19.1 Å². The zero-order valence-corrected chi connectivity index (χ0v) is 20.4. The molecule has 2 fully saturated rings. The highest BCUT2D eigenvalue weighted by Crippen LogP contribution is 2.34. The van der Waals surface area contributed by atoms with Crippen molar-refractivity contribution >= 4 is 34.9 Å². The lowest BCUT2D eigenvalue weighted by atomic mass is 10.1. The zero-order chi connectivity index (χ0) is 23.8. The number of nitrogens with zero attached hydrogens (tertiary/aromatic N) is 2. The molecule has 1 aliphatic heterocycles. The van der Waals surface area contributed by atoms with Crippen molar-refractivity contribution in [1.29, 1.82) is 0 Å². The van der Waals surface area contributed by atoms with Gasteiger partial charge in [0.1, 0.15) is 0 Å². The third-order valence-corrected chi connectivity index (χ3v) is 6.98. The number of imide groups is 1. The van der Waals surface area contributed by atoms with Crippen LogP contribution in [0.4, 0.5) is 4.79 Å². The fourth-order valence-electron chi connectivity index (χ4n) is 4.20. The molecule has 1 saturated heterocycles. The molecule has 1 aliphatic carbocycles. The maximum Gasteiger partial charge on any atom is 0.293 e. The summed E-state index contributed by atoms with van der Waals surface area (Å²) < 4.78 is 10.5. The molecule has 0 bridgehead atoms. The summed E-state index contributed by atoms with van der Waals surface area (Å²) in [5, 5.41) is 2.51. The number of carbonyl (C=O) groups is 3. The van der Waals surface area contributed by atoms with Crippen LogP contribution in [0.1, 0.15) is 44.1 Å². The Hall–Kier alpha value is -2.52. The van der Waals surface area contributed by atoms with Crippen molar-refractivity contribution in [2.45, 2.75) is 44.6 Å². The molecule has 180 valence electrons. The van der Waals surface area contributed by atoms with E-state index in [0.717, 1.165) is 30.2 Å². The van der Waals surface area contributed by atoms with Crippen LogP contribution in [0.3, 0.4) is 0 Å². The first-order valence-corrected chi connectivity index (χ1v) is 12.2. The van der Waals surface area contributed by atoms with Crippen molar-refractivity contribution in [3.8, 4) is 11.5 Å². The Morgan fingerprint density at radius 3 is 2.52 bits per heavy atom. The van der Waals surface area contributed by atoms with Crippen molar-refractivity contribution in [2.24, 2.45) is 0 Å². The third kappa shape index (κ3) is 6.74. The van der Waals surface area contributed by atoms with Gasteiger partial charge in [-0.3, -0.25) is 24.2 Å². The number of hydrogen-bond donors (Lipinski definition) is 1. The number of amides is 3. The van der Waals surface area contributed by atoms with E-state index in [9.17, 15) is 14.4 Å². The van der Waals surface area contributed by atoms with Crippen LogP contribution in [-0.4, -0.2) is 73.8 Å². The molecule has 1 aromatic rings. The predicted molar refractivity (Wildman–Crippen MR) is 129 cm³/mol. The summed E-state index contributed by atoms with van der Waals surface area (Å²) in [5.74, 6) is 0.685. The molecule has 0 aromatic heterocycles. The van der Waals surface area contributed by atoms with Gasteiger partial charge in [0.2, 0.25) is 5.91 Å². The summed E-state index contributed by atoms with van der Waals surface area (Å²) >= 11 is 0.896. The number of thioether (sulfide) groups is 1. The molecular formula is C24H33N3O5S. The van der Waals surface area contributed by atoms with Crippen molar-refractivity contribution < 1.29 is 23.9 Å². The fraction of sp³-hybridized carbons (Fsp3) is 0.542. The molecule has 8 nitrogen and oxygen atoms in total. The lowest BCUT2D eigenvalue weighted by molar-refractivity contribution is -0.124. The second-order valence-corrected chi connectivity index (χ2v) is 9.35. The van der Waals surface area contributed by atoms with Crippen molar-refractivity contribution in [1.82, 2.24) is 15.1 Å².